The van der Waals surface area contributed by atoms with Crippen molar-refractivity contribution < 1.29 is 107 Å². The second kappa shape index (κ2) is 19.8. The third kappa shape index (κ3) is 25.2. The van der Waals surface area contributed by atoms with Crippen LogP contribution < -0.4 is 0 Å². The van der Waals surface area contributed by atoms with Gasteiger partial charge in [0, 0.05) is 0 Å². The second-order valence-electron chi connectivity index (χ2n) is 3.62. The van der Waals surface area contributed by atoms with Gasteiger partial charge in [0.1, 0.15) is 0 Å². The monoisotopic (exact) mass is 646 g/mol. The summed E-state index contributed by atoms with van der Waals surface area (Å²) in [4.78, 5) is 41.6. The molecule has 0 aromatic heterocycles. The Morgan fingerprint density at radius 3 is 0.946 bits per heavy atom. The second-order valence-corrected chi connectivity index (χ2v) is 8.32. The van der Waals surface area contributed by atoms with Crippen LogP contribution in [0.5, 0.6) is 0 Å². The van der Waals surface area contributed by atoms with Crippen LogP contribution in [-0.2, 0) is 63.1 Å². The molecule has 0 amide bonds. The molecule has 0 unspecified atom stereocenters. The predicted molar refractivity (Wildman–Crippen MR) is 95.4 cm³/mol. The van der Waals surface area contributed by atoms with Gasteiger partial charge in [0.05, 0.1) is 14.2 Å². The van der Waals surface area contributed by atoms with Gasteiger partial charge in [0.25, 0.3) is 0 Å². The maximum atomic E-state index is 11.4. The third-order valence-corrected chi connectivity index (χ3v) is 4.49. The van der Waals surface area contributed by atoms with Gasteiger partial charge in [-0.1, -0.05) is 22.3 Å². The Kier molecular flexibility index (Phi) is 27.5. The van der Waals surface area contributed by atoms with Crippen LogP contribution >= 0.6 is 0 Å². The van der Waals surface area contributed by atoms with Gasteiger partial charge in [-0.25, -0.2) is 0 Å². The van der Waals surface area contributed by atoms with Gasteiger partial charge in [-0.3, -0.25) is 14.3 Å². The molecule has 0 aliphatic rings. The number of hydrogen-bond acceptors (Lipinski definition) is 14. The molecule has 0 aromatic carbocycles. The van der Waals surface area contributed by atoms with E-state index in [1.807, 2.05) is 3.63 Å². The van der Waals surface area contributed by atoms with Gasteiger partial charge in [0.2, 0.25) is 0 Å². The molecule has 0 aliphatic carbocycles. The topological polar surface area (TPSA) is 220 Å². The molecule has 27 heteroatoms. The minimum Gasteiger partial charge on any atom is -0.279 e. The van der Waals surface area contributed by atoms with Crippen LogP contribution in [0.25, 0.3) is 0 Å². The average Bonchev–Trinajstić information content (AvgIpc) is 2.52. The fourth-order valence-electron chi connectivity index (χ4n) is 0.345. The maximum Gasteiger partial charge on any atom is 0.573 e. The average molecular weight is 646 g/mol. The van der Waals surface area contributed by atoms with Gasteiger partial charge in [-0.2, -0.15) is 88.9 Å². The molecule has 0 spiro atoms. The molecule has 0 saturated carbocycles. The highest BCUT2D eigenvalue weighted by Crippen LogP contribution is 2.32. The Labute approximate surface area is 203 Å². The van der Waals surface area contributed by atoms with Crippen molar-refractivity contribution in [1.29, 1.82) is 0 Å². The fraction of sp³-hybridized carbons (Fsp3) is 0.800. The van der Waals surface area contributed by atoms with Crippen molar-refractivity contribution in [2.24, 2.45) is 0 Å². The van der Waals surface area contributed by atoms with Crippen LogP contribution in [0.3, 0.4) is 0 Å². The van der Waals surface area contributed by atoms with Gasteiger partial charge < -0.3 is 0 Å². The minimum atomic E-state index is -6.85. The van der Waals surface area contributed by atoms with Crippen LogP contribution in [0.1, 0.15) is 22.3 Å². The van der Waals surface area contributed by atoms with E-state index in [9.17, 15) is 61.1 Å². The smallest absolute Gasteiger partial charge is 0.279 e. The molecule has 0 rings (SSSR count). The Morgan fingerprint density at radius 2 is 0.838 bits per heavy atom. The van der Waals surface area contributed by atoms with Gasteiger partial charge in [0.15, 0.2) is 0 Å². The Morgan fingerprint density at radius 1 is 0.649 bits per heavy atom. The molecule has 37 heavy (non-hydrogen) atoms. The molecule has 1 N–H and O–H groups in total. The zero-order valence-electron chi connectivity index (χ0n) is 15.3. The van der Waals surface area contributed by atoms with E-state index in [1.165, 1.54) is 14.2 Å². The number of alkyl halides is 9. The zero-order chi connectivity index (χ0) is 28.8. The first-order chi connectivity index (χ1) is 14.7. The molecule has 0 aliphatic heterocycles. The highest BCUT2D eigenvalue weighted by molar-refractivity contribution is 8.00. The van der Waals surface area contributed by atoms with Crippen molar-refractivity contribution in [1.82, 2.24) is 0 Å². The largest absolute Gasteiger partial charge is 0.573 e. The molecular formula is C10H19F9O15S3. The summed E-state index contributed by atoms with van der Waals surface area (Å²) in [6.45, 7) is 0. The summed E-state index contributed by atoms with van der Waals surface area (Å²) in [7, 11) is -17.2. The molecular weight excluding hydrogens is 627 g/mol. The minimum absolute atomic E-state index is 0. The molecule has 0 bridgehead atoms. The normalized spacial score (nSPS) is 11.2. The predicted octanol–water partition coefficient (Wildman–Crippen LogP) is 2.68. The fourth-order valence-corrected chi connectivity index (χ4v) is 1.91. The summed E-state index contributed by atoms with van der Waals surface area (Å²) in [5, 5.41) is 0. The van der Waals surface area contributed by atoms with E-state index in [0.717, 1.165) is 0 Å². The summed E-state index contributed by atoms with van der Waals surface area (Å²) in [5.74, 6) is 0. The van der Waals surface area contributed by atoms with Crippen LogP contribution in [0.4, 0.5) is 44.3 Å². The van der Waals surface area contributed by atoms with E-state index in [0.29, 0.717) is 0 Å². The number of rotatable bonds is 4. The highest BCUT2D eigenvalue weighted by Gasteiger charge is 2.57. The summed E-state index contributed by atoms with van der Waals surface area (Å²) in [6.07, 6.45) is -0.782. The first-order valence-corrected chi connectivity index (χ1v) is 10.3. The van der Waals surface area contributed by atoms with Crippen molar-refractivity contribution in [3.63, 3.8) is 0 Å². The Bertz CT molecular complexity index is 909. The highest BCUT2D eigenvalue weighted by atomic mass is 32.3. The summed E-state index contributed by atoms with van der Waals surface area (Å²) >= 11 is 0. The number of halogens is 9. The number of carbonyl (C=O) groups excluding carboxylic acids is 3. The van der Waals surface area contributed by atoms with Crippen molar-refractivity contribution in [2.75, 3.05) is 14.2 Å². The van der Waals surface area contributed by atoms with E-state index in [4.69, 9.17) is 22.6 Å². The van der Waals surface area contributed by atoms with E-state index in [1.54, 1.807) is 0 Å². The number of hydrogen-bond donors (Lipinski definition) is 1. The third-order valence-electron chi connectivity index (χ3n) is 1.34. The lowest BCUT2D eigenvalue weighted by atomic mass is 11.4. The van der Waals surface area contributed by atoms with E-state index < -0.39 is 53.0 Å². The van der Waals surface area contributed by atoms with Crippen LogP contribution in [0, 0.1) is 0 Å². The molecule has 0 saturated heterocycles. The maximum absolute atomic E-state index is 11.4. The molecule has 0 radical (unpaired) electrons. The van der Waals surface area contributed by atoms with Crippen LogP contribution in [0.2, 0.25) is 0 Å². The number of carbonyl (C=O) groups is 1. The van der Waals surface area contributed by atoms with E-state index in [-0.39, 0.29) is 28.4 Å². The lowest BCUT2D eigenvalue weighted by molar-refractivity contribution is -0.298. The summed E-state index contributed by atoms with van der Waals surface area (Å²) in [5.41, 5.74) is -18.1. The Balaban J connectivity index is -0.0000000707. The lowest BCUT2D eigenvalue weighted by Gasteiger charge is -2.09. The van der Waals surface area contributed by atoms with Crippen molar-refractivity contribution >= 4 is 42.7 Å². The SMILES string of the molecule is C.C.C.COOC(=O)OOC.O=C=O.O=S(=O)(O)C(F)(F)F.O=S(=O)(OS(=O)(=O)C(F)(F)F)C(F)(F)F. The quantitative estimate of drug-likeness (QED) is 0.153. The van der Waals surface area contributed by atoms with Crippen molar-refractivity contribution in [3.05, 3.63) is 0 Å². The lowest BCUT2D eigenvalue weighted by Crippen LogP contribution is -2.34. The van der Waals surface area contributed by atoms with Gasteiger partial charge in [-0.05, 0) is 0 Å². The Hall–Kier alpha value is -2.29. The molecule has 0 heterocycles. The van der Waals surface area contributed by atoms with Gasteiger partial charge in [-0.15, -0.1) is 3.63 Å². The van der Waals surface area contributed by atoms with E-state index in [2.05, 4.69) is 19.6 Å². The van der Waals surface area contributed by atoms with Crippen molar-refractivity contribution in [2.45, 2.75) is 38.8 Å². The van der Waals surface area contributed by atoms with E-state index >= 15 is 0 Å². The zero-order valence-corrected chi connectivity index (χ0v) is 17.7. The first kappa shape index (κ1) is 51.4. The van der Waals surface area contributed by atoms with Crippen LogP contribution in [0.15, 0.2) is 0 Å². The molecule has 230 valence electrons. The molecule has 0 atom stereocenters. The molecule has 0 aromatic rings. The molecule has 0 fully saturated rings. The summed E-state index contributed by atoms with van der Waals surface area (Å²) < 4.78 is 168. The molecule has 15 nitrogen and oxygen atoms in total. The standard InChI is InChI=1S/C3H6O5.C2F6O5S2.CHF3O3S.CO2.3CH4/c1-5-7-3(4)8-6-2;3-1(4,5)14(9,10)13-15(11,12)2(6,7)8;2-1(3,4)8(5,6)7;2-1-3;;;/h1-2H3;;(H,5,6,7);;3*1H4. The van der Waals surface area contributed by atoms with Gasteiger partial charge >= 0.3 is 59.2 Å². The first-order valence-electron chi connectivity index (χ1n) is 6.00. The van der Waals surface area contributed by atoms with Crippen molar-refractivity contribution in [3.8, 4) is 0 Å². The summed E-state index contributed by atoms with van der Waals surface area (Å²) in [6, 6.07) is 0. The van der Waals surface area contributed by atoms with Crippen LogP contribution in [-0.4, -0.2) is 72.9 Å².